The van der Waals surface area contributed by atoms with Gasteiger partial charge in [-0.2, -0.15) is 0 Å². The summed E-state index contributed by atoms with van der Waals surface area (Å²) in [5.41, 5.74) is 0.850. The number of ether oxygens (including phenoxy) is 1. The Hall–Kier alpha value is -2.61. The molecule has 1 aliphatic heterocycles. The van der Waals surface area contributed by atoms with Crippen LogP contribution >= 0.6 is 0 Å². The van der Waals surface area contributed by atoms with Crippen molar-refractivity contribution in [2.75, 3.05) is 26.2 Å². The summed E-state index contributed by atoms with van der Waals surface area (Å²) in [6.07, 6.45) is 2.43. The predicted molar refractivity (Wildman–Crippen MR) is 89.2 cm³/mol. The fourth-order valence-corrected chi connectivity index (χ4v) is 2.29. The smallest absolute Gasteiger partial charge is 0.407 e. The SMILES string of the molecule is O=C(CNC(=O)OCc1ccccc1)NCC(=O)ON1CCCCC1. The lowest BCUT2D eigenvalue weighted by Crippen LogP contribution is -2.41. The molecule has 0 spiro atoms. The molecular formula is C17H23N3O5. The number of carbonyl (C=O) groups is 3. The van der Waals surface area contributed by atoms with Gasteiger partial charge in [0.15, 0.2) is 0 Å². The summed E-state index contributed by atoms with van der Waals surface area (Å²) in [6.45, 7) is 1.04. The first kappa shape index (κ1) is 18.7. The van der Waals surface area contributed by atoms with E-state index >= 15 is 0 Å². The number of rotatable bonds is 7. The normalized spacial score (nSPS) is 14.4. The molecule has 0 aliphatic carbocycles. The molecule has 2 rings (SSSR count). The van der Waals surface area contributed by atoms with E-state index in [-0.39, 0.29) is 19.7 Å². The highest BCUT2D eigenvalue weighted by molar-refractivity contribution is 5.85. The van der Waals surface area contributed by atoms with E-state index in [1.54, 1.807) is 5.06 Å². The van der Waals surface area contributed by atoms with E-state index in [2.05, 4.69) is 10.6 Å². The number of carbonyl (C=O) groups excluding carboxylic acids is 3. The predicted octanol–water partition coefficient (Wildman–Crippen LogP) is 0.973. The van der Waals surface area contributed by atoms with Crippen LogP contribution in [0.1, 0.15) is 24.8 Å². The second-order valence-corrected chi connectivity index (χ2v) is 5.64. The maximum absolute atomic E-state index is 11.6. The van der Waals surface area contributed by atoms with Crippen LogP contribution in [0.3, 0.4) is 0 Å². The van der Waals surface area contributed by atoms with Gasteiger partial charge in [0.25, 0.3) is 0 Å². The van der Waals surface area contributed by atoms with Gasteiger partial charge >= 0.3 is 12.1 Å². The number of hydroxylamine groups is 2. The third-order valence-electron chi connectivity index (χ3n) is 3.58. The lowest BCUT2D eigenvalue weighted by atomic mass is 10.2. The topological polar surface area (TPSA) is 97.0 Å². The summed E-state index contributed by atoms with van der Waals surface area (Å²) in [5.74, 6) is -1.02. The molecule has 0 aromatic heterocycles. The molecule has 0 unspecified atom stereocenters. The van der Waals surface area contributed by atoms with Gasteiger partial charge in [-0.1, -0.05) is 36.8 Å². The van der Waals surface area contributed by atoms with Crippen molar-refractivity contribution in [2.45, 2.75) is 25.9 Å². The van der Waals surface area contributed by atoms with E-state index < -0.39 is 18.0 Å². The molecule has 25 heavy (non-hydrogen) atoms. The van der Waals surface area contributed by atoms with Gasteiger partial charge in [0.1, 0.15) is 19.7 Å². The van der Waals surface area contributed by atoms with Crippen LogP contribution in [-0.2, 0) is 25.8 Å². The summed E-state index contributed by atoms with van der Waals surface area (Å²) in [7, 11) is 0. The van der Waals surface area contributed by atoms with Crippen molar-refractivity contribution in [1.29, 1.82) is 0 Å². The Kier molecular flexibility index (Phi) is 7.71. The molecule has 1 heterocycles. The van der Waals surface area contributed by atoms with E-state index in [1.807, 2.05) is 30.3 Å². The molecule has 1 fully saturated rings. The summed E-state index contributed by atoms with van der Waals surface area (Å²) < 4.78 is 4.98. The Labute approximate surface area is 146 Å². The van der Waals surface area contributed by atoms with Gasteiger partial charge in [-0.05, 0) is 18.4 Å². The zero-order chi connectivity index (χ0) is 17.9. The molecule has 2 amide bonds. The molecule has 8 nitrogen and oxygen atoms in total. The highest BCUT2D eigenvalue weighted by atomic mass is 16.7. The van der Waals surface area contributed by atoms with Crippen molar-refractivity contribution in [3.05, 3.63) is 35.9 Å². The second kappa shape index (κ2) is 10.3. The number of hydrogen-bond donors (Lipinski definition) is 2. The average molecular weight is 349 g/mol. The number of piperidine rings is 1. The van der Waals surface area contributed by atoms with Crippen LogP contribution in [0.25, 0.3) is 0 Å². The Bertz CT molecular complexity index is 573. The van der Waals surface area contributed by atoms with Crippen LogP contribution < -0.4 is 10.6 Å². The van der Waals surface area contributed by atoms with Gasteiger partial charge in [-0.25, -0.2) is 9.59 Å². The highest BCUT2D eigenvalue weighted by Gasteiger charge is 2.15. The number of nitrogens with one attached hydrogen (secondary N) is 2. The quantitative estimate of drug-likeness (QED) is 0.761. The van der Waals surface area contributed by atoms with Crippen molar-refractivity contribution >= 4 is 18.0 Å². The number of benzene rings is 1. The van der Waals surface area contributed by atoms with Gasteiger partial charge < -0.3 is 20.2 Å². The van der Waals surface area contributed by atoms with Crippen LogP contribution in [0.5, 0.6) is 0 Å². The Morgan fingerprint density at radius 1 is 0.960 bits per heavy atom. The van der Waals surface area contributed by atoms with E-state index in [0.717, 1.165) is 24.8 Å². The lowest BCUT2D eigenvalue weighted by Gasteiger charge is -2.24. The van der Waals surface area contributed by atoms with Gasteiger partial charge in [0, 0.05) is 13.1 Å². The van der Waals surface area contributed by atoms with E-state index in [9.17, 15) is 14.4 Å². The maximum Gasteiger partial charge on any atom is 0.407 e. The molecule has 1 saturated heterocycles. The summed E-state index contributed by atoms with van der Waals surface area (Å²) >= 11 is 0. The van der Waals surface area contributed by atoms with E-state index in [4.69, 9.17) is 9.57 Å². The van der Waals surface area contributed by atoms with Crippen molar-refractivity contribution in [3.8, 4) is 0 Å². The minimum Gasteiger partial charge on any atom is -0.445 e. The summed E-state index contributed by atoms with van der Waals surface area (Å²) in [5, 5.41) is 6.32. The molecule has 0 bridgehead atoms. The minimum atomic E-state index is -0.699. The maximum atomic E-state index is 11.6. The number of amides is 2. The first-order valence-corrected chi connectivity index (χ1v) is 8.30. The van der Waals surface area contributed by atoms with Crippen molar-refractivity contribution in [3.63, 3.8) is 0 Å². The molecule has 1 aromatic carbocycles. The largest absolute Gasteiger partial charge is 0.445 e. The van der Waals surface area contributed by atoms with Gasteiger partial charge in [-0.3, -0.25) is 4.79 Å². The number of alkyl carbamates (subject to hydrolysis) is 1. The molecule has 0 atom stereocenters. The number of nitrogens with zero attached hydrogens (tertiary/aromatic N) is 1. The molecule has 136 valence electrons. The van der Waals surface area contributed by atoms with Crippen LogP contribution in [0.2, 0.25) is 0 Å². The summed E-state index contributed by atoms with van der Waals surface area (Å²) in [6, 6.07) is 9.20. The molecule has 8 heteroatoms. The molecular weight excluding hydrogens is 326 g/mol. The third kappa shape index (κ3) is 7.67. The first-order valence-electron chi connectivity index (χ1n) is 8.30. The fourth-order valence-electron chi connectivity index (χ4n) is 2.29. The monoisotopic (exact) mass is 349 g/mol. The molecule has 2 N–H and O–H groups in total. The molecule has 1 aliphatic rings. The minimum absolute atomic E-state index is 0.121. The van der Waals surface area contributed by atoms with Crippen LogP contribution in [-0.4, -0.2) is 49.2 Å². The number of hydrogen-bond acceptors (Lipinski definition) is 6. The fraction of sp³-hybridized carbons (Fsp3) is 0.471. The van der Waals surface area contributed by atoms with E-state index in [0.29, 0.717) is 13.1 Å². The molecule has 0 saturated carbocycles. The van der Waals surface area contributed by atoms with Crippen LogP contribution in [0.4, 0.5) is 4.79 Å². The highest BCUT2D eigenvalue weighted by Crippen LogP contribution is 2.08. The average Bonchev–Trinajstić information content (AvgIpc) is 2.64. The van der Waals surface area contributed by atoms with E-state index in [1.165, 1.54) is 0 Å². The first-order chi connectivity index (χ1) is 12.1. The second-order valence-electron chi connectivity index (χ2n) is 5.64. The Morgan fingerprint density at radius 2 is 1.68 bits per heavy atom. The van der Waals surface area contributed by atoms with Crippen molar-refractivity contribution in [1.82, 2.24) is 15.7 Å². The van der Waals surface area contributed by atoms with Gasteiger partial charge in [0.2, 0.25) is 5.91 Å². The Balaban J connectivity index is 1.55. The Morgan fingerprint density at radius 3 is 2.40 bits per heavy atom. The van der Waals surface area contributed by atoms with Gasteiger partial charge in [-0.15, -0.1) is 5.06 Å². The van der Waals surface area contributed by atoms with Crippen molar-refractivity contribution in [2.24, 2.45) is 0 Å². The third-order valence-corrected chi connectivity index (χ3v) is 3.58. The van der Waals surface area contributed by atoms with Gasteiger partial charge in [0.05, 0.1) is 0 Å². The standard InChI is InChI=1S/C17H23N3O5/c21-15(18-12-16(22)25-20-9-5-2-6-10-20)11-19-17(23)24-13-14-7-3-1-4-8-14/h1,3-4,7-8H,2,5-6,9-13H2,(H,18,21)(H,19,23). The summed E-state index contributed by atoms with van der Waals surface area (Å²) in [4.78, 5) is 39.9. The molecule has 1 aromatic rings. The zero-order valence-corrected chi connectivity index (χ0v) is 14.0. The van der Waals surface area contributed by atoms with Crippen LogP contribution in [0, 0.1) is 0 Å². The lowest BCUT2D eigenvalue weighted by molar-refractivity contribution is -0.193. The molecule has 0 radical (unpaired) electrons. The van der Waals surface area contributed by atoms with Crippen molar-refractivity contribution < 1.29 is 24.0 Å². The van der Waals surface area contributed by atoms with Crippen LogP contribution in [0.15, 0.2) is 30.3 Å². The zero-order valence-electron chi connectivity index (χ0n) is 14.0.